The summed E-state index contributed by atoms with van der Waals surface area (Å²) < 4.78 is 10.9. The number of carbonyl (C=O) groups is 1. The summed E-state index contributed by atoms with van der Waals surface area (Å²) >= 11 is 0. The molecule has 0 radical (unpaired) electrons. The zero-order valence-electron chi connectivity index (χ0n) is 15.5. The lowest BCUT2D eigenvalue weighted by Gasteiger charge is -2.08. The van der Waals surface area contributed by atoms with Gasteiger partial charge in [0.05, 0.1) is 22.3 Å². The number of pyridine rings is 2. The van der Waals surface area contributed by atoms with Gasteiger partial charge in [-0.15, -0.1) is 0 Å². The molecule has 0 aliphatic heterocycles. The van der Waals surface area contributed by atoms with Gasteiger partial charge in [0.2, 0.25) is 0 Å². The van der Waals surface area contributed by atoms with Crippen LogP contribution in [-0.2, 0) is 0 Å². The predicted octanol–water partition coefficient (Wildman–Crippen LogP) is 4.36. The van der Waals surface area contributed by atoms with Crippen molar-refractivity contribution in [3.8, 4) is 11.3 Å². The lowest BCUT2D eigenvalue weighted by molar-refractivity contribution is 0.102. The van der Waals surface area contributed by atoms with Crippen LogP contribution in [0.2, 0.25) is 0 Å². The highest BCUT2D eigenvalue weighted by atomic mass is 16.5. The fourth-order valence-electron chi connectivity index (χ4n) is 3.09. The molecule has 7 heteroatoms. The SMILES string of the molecule is Cc1cccc(NC(=O)c2cc(-c3cc(C)oc3C)nc3onc(C)c23)n1. The van der Waals surface area contributed by atoms with Crippen LogP contribution in [0.15, 0.2) is 39.3 Å². The second-order valence-electron chi connectivity index (χ2n) is 6.45. The number of carbonyl (C=O) groups excluding carboxylic acids is 1. The van der Waals surface area contributed by atoms with Crippen LogP contribution < -0.4 is 5.32 Å². The number of aryl methyl sites for hydroxylation is 4. The molecule has 4 aromatic heterocycles. The summed E-state index contributed by atoms with van der Waals surface area (Å²) in [5.74, 6) is 1.68. The molecular weight excluding hydrogens is 344 g/mol. The average Bonchev–Trinajstić information content (AvgIpc) is 3.16. The zero-order chi connectivity index (χ0) is 19.1. The van der Waals surface area contributed by atoms with E-state index in [-0.39, 0.29) is 5.91 Å². The van der Waals surface area contributed by atoms with E-state index in [1.165, 1.54) is 0 Å². The van der Waals surface area contributed by atoms with Crippen molar-refractivity contribution in [2.24, 2.45) is 0 Å². The van der Waals surface area contributed by atoms with Crippen molar-refractivity contribution in [3.05, 3.63) is 58.8 Å². The number of rotatable bonds is 3. The number of nitrogens with zero attached hydrogens (tertiary/aromatic N) is 3. The summed E-state index contributed by atoms with van der Waals surface area (Å²) in [6.45, 7) is 7.37. The summed E-state index contributed by atoms with van der Waals surface area (Å²) in [5, 5.41) is 7.39. The summed E-state index contributed by atoms with van der Waals surface area (Å²) in [6, 6.07) is 9.07. The molecule has 1 amide bonds. The van der Waals surface area contributed by atoms with Gasteiger partial charge in [-0.05, 0) is 52.0 Å². The van der Waals surface area contributed by atoms with E-state index in [0.717, 1.165) is 22.8 Å². The smallest absolute Gasteiger partial charge is 0.259 e. The van der Waals surface area contributed by atoms with Gasteiger partial charge < -0.3 is 14.3 Å². The van der Waals surface area contributed by atoms with Crippen LogP contribution in [0.25, 0.3) is 22.4 Å². The standard InChI is InChI=1S/C20H18N4O3/c1-10-6-5-7-17(21-10)23-19(25)15-9-16(14-8-11(2)26-13(14)4)22-20-18(15)12(3)24-27-20/h5-9H,1-4H3,(H,21,23,25). The van der Waals surface area contributed by atoms with Gasteiger partial charge in [0.25, 0.3) is 11.6 Å². The van der Waals surface area contributed by atoms with Gasteiger partial charge in [0.15, 0.2) is 0 Å². The van der Waals surface area contributed by atoms with E-state index in [2.05, 4.69) is 20.4 Å². The summed E-state index contributed by atoms with van der Waals surface area (Å²) in [6.07, 6.45) is 0. The van der Waals surface area contributed by atoms with Gasteiger partial charge in [-0.1, -0.05) is 11.2 Å². The molecule has 0 fully saturated rings. The van der Waals surface area contributed by atoms with Crippen LogP contribution in [0.4, 0.5) is 5.82 Å². The van der Waals surface area contributed by atoms with E-state index in [9.17, 15) is 4.79 Å². The fourth-order valence-corrected chi connectivity index (χ4v) is 3.09. The van der Waals surface area contributed by atoms with Crippen molar-refractivity contribution < 1.29 is 13.7 Å². The molecule has 27 heavy (non-hydrogen) atoms. The highest BCUT2D eigenvalue weighted by Gasteiger charge is 2.21. The minimum absolute atomic E-state index is 0.300. The Morgan fingerprint density at radius 2 is 1.89 bits per heavy atom. The molecule has 0 saturated heterocycles. The van der Waals surface area contributed by atoms with Crippen molar-refractivity contribution in [2.75, 3.05) is 5.32 Å². The van der Waals surface area contributed by atoms with Gasteiger partial charge in [0.1, 0.15) is 17.3 Å². The topological polar surface area (TPSA) is 94.1 Å². The lowest BCUT2D eigenvalue weighted by atomic mass is 10.1. The highest BCUT2D eigenvalue weighted by Crippen LogP contribution is 2.30. The Bertz CT molecular complexity index is 1170. The van der Waals surface area contributed by atoms with Crippen molar-refractivity contribution in [3.63, 3.8) is 0 Å². The highest BCUT2D eigenvalue weighted by molar-refractivity contribution is 6.12. The quantitative estimate of drug-likeness (QED) is 0.582. The van der Waals surface area contributed by atoms with E-state index in [4.69, 9.17) is 8.94 Å². The molecule has 4 rings (SSSR count). The Kier molecular flexibility index (Phi) is 3.99. The Balaban J connectivity index is 1.84. The number of hydrogen-bond acceptors (Lipinski definition) is 6. The second-order valence-corrected chi connectivity index (χ2v) is 6.45. The number of hydrogen-bond donors (Lipinski definition) is 1. The largest absolute Gasteiger partial charge is 0.466 e. The van der Waals surface area contributed by atoms with Crippen molar-refractivity contribution in [1.82, 2.24) is 15.1 Å². The van der Waals surface area contributed by atoms with Crippen LogP contribution >= 0.6 is 0 Å². The number of nitrogens with one attached hydrogen (secondary N) is 1. The molecule has 0 aromatic carbocycles. The first-order chi connectivity index (χ1) is 12.9. The molecule has 1 N–H and O–H groups in total. The molecule has 0 atom stereocenters. The van der Waals surface area contributed by atoms with E-state index in [0.29, 0.717) is 33.9 Å². The molecular formula is C20H18N4O3. The molecule has 0 aliphatic carbocycles. The number of furan rings is 1. The third-order valence-corrected chi connectivity index (χ3v) is 4.31. The lowest BCUT2D eigenvalue weighted by Crippen LogP contribution is -2.14. The van der Waals surface area contributed by atoms with Crippen LogP contribution in [0.1, 0.15) is 33.3 Å². The Hall–Kier alpha value is -3.48. The Labute approximate surface area is 155 Å². The minimum atomic E-state index is -0.300. The molecule has 0 spiro atoms. The normalized spacial score (nSPS) is 11.1. The van der Waals surface area contributed by atoms with Crippen molar-refractivity contribution in [1.29, 1.82) is 0 Å². The Morgan fingerprint density at radius 3 is 2.59 bits per heavy atom. The number of aromatic nitrogens is 3. The average molecular weight is 362 g/mol. The van der Waals surface area contributed by atoms with Crippen molar-refractivity contribution in [2.45, 2.75) is 27.7 Å². The monoisotopic (exact) mass is 362 g/mol. The first-order valence-electron chi connectivity index (χ1n) is 8.52. The Morgan fingerprint density at radius 1 is 1.07 bits per heavy atom. The number of anilines is 1. The molecule has 0 saturated carbocycles. The van der Waals surface area contributed by atoms with Gasteiger partial charge in [-0.3, -0.25) is 4.79 Å². The van der Waals surface area contributed by atoms with Gasteiger partial charge in [0, 0.05) is 11.3 Å². The van der Waals surface area contributed by atoms with Crippen LogP contribution in [0, 0.1) is 27.7 Å². The van der Waals surface area contributed by atoms with Gasteiger partial charge in [-0.25, -0.2) is 9.97 Å². The van der Waals surface area contributed by atoms with Crippen LogP contribution in [0.3, 0.4) is 0 Å². The summed E-state index contributed by atoms with van der Waals surface area (Å²) in [7, 11) is 0. The molecule has 136 valence electrons. The van der Waals surface area contributed by atoms with E-state index < -0.39 is 0 Å². The molecule has 0 unspecified atom stereocenters. The zero-order valence-corrected chi connectivity index (χ0v) is 15.5. The fraction of sp³-hybridized carbons (Fsp3) is 0.200. The van der Waals surface area contributed by atoms with Gasteiger partial charge in [-0.2, -0.15) is 0 Å². The maximum Gasteiger partial charge on any atom is 0.259 e. The van der Waals surface area contributed by atoms with Crippen molar-refractivity contribution >= 4 is 22.8 Å². The third-order valence-electron chi connectivity index (χ3n) is 4.31. The molecule has 0 bridgehead atoms. The van der Waals surface area contributed by atoms with Gasteiger partial charge >= 0.3 is 0 Å². The maximum absolute atomic E-state index is 13.0. The molecule has 4 heterocycles. The molecule has 0 aliphatic rings. The van der Waals surface area contributed by atoms with E-state index in [1.54, 1.807) is 19.1 Å². The first kappa shape index (κ1) is 17.0. The van der Waals surface area contributed by atoms with Crippen LogP contribution in [0.5, 0.6) is 0 Å². The van der Waals surface area contributed by atoms with Crippen LogP contribution in [-0.4, -0.2) is 21.0 Å². The maximum atomic E-state index is 13.0. The molecule has 7 nitrogen and oxygen atoms in total. The predicted molar refractivity (Wildman–Crippen MR) is 101 cm³/mol. The first-order valence-corrected chi connectivity index (χ1v) is 8.52. The number of amides is 1. The van der Waals surface area contributed by atoms with E-state index >= 15 is 0 Å². The third kappa shape index (κ3) is 3.08. The molecule has 4 aromatic rings. The second kappa shape index (κ2) is 6.35. The van der Waals surface area contributed by atoms with E-state index in [1.807, 2.05) is 39.0 Å². The number of fused-ring (bicyclic) bond motifs is 1. The summed E-state index contributed by atoms with van der Waals surface area (Å²) in [4.78, 5) is 21.8. The minimum Gasteiger partial charge on any atom is -0.466 e. The summed E-state index contributed by atoms with van der Waals surface area (Å²) in [5.41, 5.74) is 3.56.